The zero-order valence-corrected chi connectivity index (χ0v) is 16.1. The molecule has 1 N–H and O–H groups in total. The van der Waals surface area contributed by atoms with E-state index in [0.29, 0.717) is 4.90 Å². The first-order chi connectivity index (χ1) is 13.0. The largest absolute Gasteiger partial charge is 0.306 e. The van der Waals surface area contributed by atoms with Crippen LogP contribution in [0.1, 0.15) is 35.6 Å². The normalized spacial score (nSPS) is 16.9. The van der Waals surface area contributed by atoms with E-state index in [1.807, 2.05) is 41.4 Å². The molecule has 0 saturated carbocycles. The summed E-state index contributed by atoms with van der Waals surface area (Å²) in [5.41, 5.74) is 4.68. The molecular weight excluding hydrogens is 358 g/mol. The molecule has 27 heavy (non-hydrogen) atoms. The molecule has 4 rings (SSSR count). The third kappa shape index (κ3) is 3.82. The molecule has 3 aromatic rings. The van der Waals surface area contributed by atoms with Gasteiger partial charge in [0, 0.05) is 31.2 Å². The van der Waals surface area contributed by atoms with Gasteiger partial charge in [-0.15, -0.1) is 0 Å². The number of imidazole rings is 1. The molecule has 0 fully saturated rings. The third-order valence-corrected chi connectivity index (χ3v) is 6.28. The van der Waals surface area contributed by atoms with Gasteiger partial charge in [0.25, 0.3) is 0 Å². The molecule has 0 spiro atoms. The van der Waals surface area contributed by atoms with E-state index in [2.05, 4.69) is 22.4 Å². The van der Waals surface area contributed by atoms with Gasteiger partial charge < -0.3 is 9.88 Å². The van der Waals surface area contributed by atoms with Crippen LogP contribution in [0.25, 0.3) is 5.69 Å². The standard InChI is InChI=1S/C21H23N3O2S/c1-27(25,26)18-9-10-19-16(13-18)6-4-7-20(19)23-14-17-5-2-3-8-21(17)24-12-11-22-15-24/h2-3,5,8-13,15,20,23H,4,6-7,14H2,1H3. The summed E-state index contributed by atoms with van der Waals surface area (Å²) in [5.74, 6) is 0. The number of hydrogen-bond acceptors (Lipinski definition) is 4. The molecular formula is C21H23N3O2S. The summed E-state index contributed by atoms with van der Waals surface area (Å²) < 4.78 is 25.7. The van der Waals surface area contributed by atoms with Crippen LogP contribution in [0.2, 0.25) is 0 Å². The highest BCUT2D eigenvalue weighted by atomic mass is 32.2. The van der Waals surface area contributed by atoms with Crippen LogP contribution in [0.15, 0.2) is 66.1 Å². The van der Waals surface area contributed by atoms with E-state index in [4.69, 9.17) is 0 Å². The topological polar surface area (TPSA) is 64.0 Å². The van der Waals surface area contributed by atoms with Gasteiger partial charge in [-0.25, -0.2) is 13.4 Å². The second-order valence-electron chi connectivity index (χ2n) is 7.06. The molecule has 0 bridgehead atoms. The highest BCUT2D eigenvalue weighted by Crippen LogP contribution is 2.32. The maximum absolute atomic E-state index is 11.8. The van der Waals surface area contributed by atoms with E-state index in [1.54, 1.807) is 12.3 Å². The SMILES string of the molecule is CS(=O)(=O)c1ccc2c(c1)CCCC2NCc1ccccc1-n1ccnc1. The van der Waals surface area contributed by atoms with Crippen molar-refractivity contribution in [2.45, 2.75) is 36.7 Å². The van der Waals surface area contributed by atoms with Crippen LogP contribution < -0.4 is 5.32 Å². The molecule has 0 radical (unpaired) electrons. The average Bonchev–Trinajstić information content (AvgIpc) is 3.20. The van der Waals surface area contributed by atoms with Gasteiger partial charge in [0.1, 0.15) is 0 Å². The molecule has 0 amide bonds. The van der Waals surface area contributed by atoms with E-state index in [9.17, 15) is 8.42 Å². The molecule has 0 aliphatic heterocycles. The van der Waals surface area contributed by atoms with Crippen LogP contribution in [0, 0.1) is 0 Å². The van der Waals surface area contributed by atoms with E-state index in [1.165, 1.54) is 17.4 Å². The number of aromatic nitrogens is 2. The van der Waals surface area contributed by atoms with E-state index >= 15 is 0 Å². The molecule has 0 saturated heterocycles. The highest BCUT2D eigenvalue weighted by Gasteiger charge is 2.22. The van der Waals surface area contributed by atoms with Gasteiger partial charge in [-0.2, -0.15) is 0 Å². The number of sulfone groups is 1. The second-order valence-corrected chi connectivity index (χ2v) is 9.07. The fourth-order valence-electron chi connectivity index (χ4n) is 3.78. The lowest BCUT2D eigenvalue weighted by atomic mass is 9.87. The summed E-state index contributed by atoms with van der Waals surface area (Å²) in [7, 11) is -3.17. The minimum atomic E-state index is -3.17. The molecule has 6 heteroatoms. The Hall–Kier alpha value is -2.44. The molecule has 1 aromatic heterocycles. The molecule has 1 heterocycles. The summed E-state index contributed by atoms with van der Waals surface area (Å²) in [5, 5.41) is 3.67. The Bertz CT molecular complexity index is 1040. The smallest absolute Gasteiger partial charge is 0.175 e. The molecule has 2 aromatic carbocycles. The van der Waals surface area contributed by atoms with Crippen molar-refractivity contribution in [3.05, 3.63) is 77.9 Å². The van der Waals surface area contributed by atoms with Crippen molar-refractivity contribution >= 4 is 9.84 Å². The Kier molecular flexibility index (Phi) is 4.85. The van der Waals surface area contributed by atoms with Crippen molar-refractivity contribution in [2.24, 2.45) is 0 Å². The van der Waals surface area contributed by atoms with Crippen molar-refractivity contribution < 1.29 is 8.42 Å². The minimum absolute atomic E-state index is 0.234. The third-order valence-electron chi connectivity index (χ3n) is 5.17. The fourth-order valence-corrected chi connectivity index (χ4v) is 4.45. The second kappa shape index (κ2) is 7.29. The summed E-state index contributed by atoms with van der Waals surface area (Å²) in [6.07, 6.45) is 9.84. The molecule has 140 valence electrons. The summed E-state index contributed by atoms with van der Waals surface area (Å²) in [6.45, 7) is 0.742. The first-order valence-electron chi connectivity index (χ1n) is 9.15. The fraction of sp³-hybridized carbons (Fsp3) is 0.286. The van der Waals surface area contributed by atoms with Gasteiger partial charge >= 0.3 is 0 Å². The molecule has 5 nitrogen and oxygen atoms in total. The summed E-state index contributed by atoms with van der Waals surface area (Å²) >= 11 is 0. The zero-order chi connectivity index (χ0) is 18.9. The average molecular weight is 382 g/mol. The van der Waals surface area contributed by atoms with Gasteiger partial charge in [0.2, 0.25) is 0 Å². The van der Waals surface area contributed by atoms with Gasteiger partial charge in [-0.05, 0) is 54.2 Å². The number of para-hydroxylation sites is 1. The van der Waals surface area contributed by atoms with Crippen molar-refractivity contribution in [1.29, 1.82) is 0 Å². The Morgan fingerprint density at radius 2 is 2.07 bits per heavy atom. The zero-order valence-electron chi connectivity index (χ0n) is 15.3. The van der Waals surface area contributed by atoms with Crippen LogP contribution in [-0.2, 0) is 22.8 Å². The van der Waals surface area contributed by atoms with Gasteiger partial charge in [0.05, 0.1) is 16.9 Å². The molecule has 1 aliphatic rings. The van der Waals surface area contributed by atoms with Crippen molar-refractivity contribution in [3.63, 3.8) is 0 Å². The predicted octanol–water partition coefficient (Wildman–Crippen LogP) is 3.44. The maximum atomic E-state index is 11.8. The monoisotopic (exact) mass is 381 g/mol. The number of fused-ring (bicyclic) bond motifs is 1. The number of nitrogens with one attached hydrogen (secondary N) is 1. The quantitative estimate of drug-likeness (QED) is 0.735. The van der Waals surface area contributed by atoms with Crippen LogP contribution >= 0.6 is 0 Å². The lowest BCUT2D eigenvalue weighted by Crippen LogP contribution is -2.25. The number of rotatable bonds is 5. The first kappa shape index (κ1) is 17.9. The van der Waals surface area contributed by atoms with Gasteiger partial charge in [0.15, 0.2) is 9.84 Å². The summed E-state index contributed by atoms with van der Waals surface area (Å²) in [6, 6.07) is 14.1. The maximum Gasteiger partial charge on any atom is 0.175 e. The lowest BCUT2D eigenvalue weighted by Gasteiger charge is -2.27. The van der Waals surface area contributed by atoms with E-state index < -0.39 is 9.84 Å². The first-order valence-corrected chi connectivity index (χ1v) is 11.0. The van der Waals surface area contributed by atoms with Crippen molar-refractivity contribution in [3.8, 4) is 5.69 Å². The Morgan fingerprint density at radius 3 is 2.85 bits per heavy atom. The van der Waals surface area contributed by atoms with E-state index in [-0.39, 0.29) is 6.04 Å². The Labute approximate surface area is 160 Å². The van der Waals surface area contributed by atoms with Gasteiger partial charge in [-0.3, -0.25) is 0 Å². The van der Waals surface area contributed by atoms with Crippen LogP contribution in [-0.4, -0.2) is 24.2 Å². The summed E-state index contributed by atoms with van der Waals surface area (Å²) in [4.78, 5) is 4.55. The van der Waals surface area contributed by atoms with Crippen molar-refractivity contribution in [2.75, 3.05) is 6.26 Å². The molecule has 1 aliphatic carbocycles. The number of nitrogens with zero attached hydrogens (tertiary/aromatic N) is 2. The van der Waals surface area contributed by atoms with Crippen LogP contribution in [0.4, 0.5) is 0 Å². The van der Waals surface area contributed by atoms with Gasteiger partial charge in [-0.1, -0.05) is 24.3 Å². The van der Waals surface area contributed by atoms with Crippen LogP contribution in [0.3, 0.4) is 0 Å². The number of aryl methyl sites for hydroxylation is 1. The minimum Gasteiger partial charge on any atom is -0.306 e. The lowest BCUT2D eigenvalue weighted by molar-refractivity contribution is 0.458. The predicted molar refractivity (Wildman–Crippen MR) is 106 cm³/mol. The molecule has 1 unspecified atom stereocenters. The number of benzene rings is 2. The van der Waals surface area contributed by atoms with E-state index in [0.717, 1.165) is 37.1 Å². The Balaban J connectivity index is 1.56. The Morgan fingerprint density at radius 1 is 1.22 bits per heavy atom. The number of hydrogen-bond donors (Lipinski definition) is 1. The van der Waals surface area contributed by atoms with Crippen LogP contribution in [0.5, 0.6) is 0 Å². The van der Waals surface area contributed by atoms with Crippen molar-refractivity contribution in [1.82, 2.24) is 14.9 Å². The molecule has 1 atom stereocenters. The highest BCUT2D eigenvalue weighted by molar-refractivity contribution is 7.90.